The maximum atomic E-state index is 6.03. The number of thiophene rings is 1. The number of rotatable bonds is 4. The van der Waals surface area contributed by atoms with Crippen molar-refractivity contribution in [3.05, 3.63) is 27.9 Å². The molecule has 102 valence electrons. The first kappa shape index (κ1) is 14.3. The molecular weight excluding hydrogens is 278 g/mol. The van der Waals surface area contributed by atoms with Gasteiger partial charge < -0.3 is 5.32 Å². The lowest BCUT2D eigenvalue weighted by Crippen LogP contribution is -2.08. The average Bonchev–Trinajstić information content (AvgIpc) is 2.78. The van der Waals surface area contributed by atoms with Crippen molar-refractivity contribution in [3.8, 4) is 10.6 Å². The van der Waals surface area contributed by atoms with Crippen molar-refractivity contribution in [2.24, 2.45) is 0 Å². The van der Waals surface area contributed by atoms with Crippen molar-refractivity contribution in [2.45, 2.75) is 33.6 Å². The van der Waals surface area contributed by atoms with E-state index in [0.29, 0.717) is 5.92 Å². The highest BCUT2D eigenvalue weighted by Gasteiger charge is 2.15. The lowest BCUT2D eigenvalue weighted by Gasteiger charge is -2.14. The molecule has 5 heteroatoms. The zero-order valence-electron chi connectivity index (χ0n) is 11.6. The van der Waals surface area contributed by atoms with Crippen LogP contribution in [-0.4, -0.2) is 16.5 Å². The van der Waals surface area contributed by atoms with Gasteiger partial charge in [-0.2, -0.15) is 0 Å². The van der Waals surface area contributed by atoms with Crippen molar-refractivity contribution < 1.29 is 0 Å². The Hall–Kier alpha value is -1.13. The molecule has 19 heavy (non-hydrogen) atoms. The molecule has 2 aromatic rings. The lowest BCUT2D eigenvalue weighted by atomic mass is 10.1. The Morgan fingerprint density at radius 2 is 2.05 bits per heavy atom. The summed E-state index contributed by atoms with van der Waals surface area (Å²) in [7, 11) is 0. The minimum Gasteiger partial charge on any atom is -0.370 e. The van der Waals surface area contributed by atoms with Crippen LogP contribution in [-0.2, 0) is 0 Å². The molecule has 0 saturated heterocycles. The largest absolute Gasteiger partial charge is 0.370 e. The van der Waals surface area contributed by atoms with Gasteiger partial charge in [0.15, 0.2) is 0 Å². The highest BCUT2D eigenvalue weighted by atomic mass is 35.5. The summed E-state index contributed by atoms with van der Waals surface area (Å²) in [6, 6.07) is 3.92. The molecule has 0 radical (unpaired) electrons. The Balaban J connectivity index is 2.58. The normalized spacial score (nSPS) is 11.1. The molecule has 0 aliphatic carbocycles. The van der Waals surface area contributed by atoms with E-state index < -0.39 is 0 Å². The second-order valence-electron chi connectivity index (χ2n) is 4.69. The average molecular weight is 296 g/mol. The molecule has 0 bridgehead atoms. The second-order valence-corrected chi connectivity index (χ2v) is 6.41. The number of hydrogen-bond donors (Lipinski definition) is 1. The Bertz CT molecular complexity index is 578. The molecule has 0 amide bonds. The van der Waals surface area contributed by atoms with Crippen molar-refractivity contribution in [3.63, 3.8) is 0 Å². The maximum absolute atomic E-state index is 6.03. The van der Waals surface area contributed by atoms with Crippen molar-refractivity contribution in [1.82, 2.24) is 9.97 Å². The van der Waals surface area contributed by atoms with Gasteiger partial charge in [0.25, 0.3) is 0 Å². The number of nitrogens with zero attached hydrogens (tertiary/aromatic N) is 2. The fraction of sp³-hybridized carbons (Fsp3) is 0.429. The molecule has 0 fully saturated rings. The minimum absolute atomic E-state index is 0.298. The van der Waals surface area contributed by atoms with E-state index in [0.717, 1.165) is 38.7 Å². The van der Waals surface area contributed by atoms with E-state index in [9.17, 15) is 0 Å². The van der Waals surface area contributed by atoms with Gasteiger partial charge in [-0.1, -0.05) is 25.4 Å². The Kier molecular flexibility index (Phi) is 4.42. The molecule has 0 atom stereocenters. The van der Waals surface area contributed by atoms with Gasteiger partial charge in [0, 0.05) is 18.0 Å². The fourth-order valence-corrected chi connectivity index (χ4v) is 2.90. The summed E-state index contributed by atoms with van der Waals surface area (Å²) in [5.41, 5.74) is 2.05. The van der Waals surface area contributed by atoms with Crippen LogP contribution in [0.15, 0.2) is 12.1 Å². The summed E-state index contributed by atoms with van der Waals surface area (Å²) in [4.78, 5) is 10.4. The first-order valence-electron chi connectivity index (χ1n) is 6.41. The van der Waals surface area contributed by atoms with Crippen LogP contribution in [0.1, 0.15) is 38.1 Å². The van der Waals surface area contributed by atoms with Crippen molar-refractivity contribution >= 4 is 28.8 Å². The SMILES string of the molecule is CCNc1nc(C(C)C)nc(-c2ccc(Cl)s2)c1C. The van der Waals surface area contributed by atoms with Gasteiger partial charge in [-0.25, -0.2) is 9.97 Å². The molecule has 0 spiro atoms. The molecule has 0 saturated carbocycles. The van der Waals surface area contributed by atoms with Gasteiger partial charge in [-0.05, 0) is 26.0 Å². The summed E-state index contributed by atoms with van der Waals surface area (Å²) in [6.45, 7) is 9.17. The predicted octanol–water partition coefficient (Wildman–Crippen LogP) is 4.72. The highest BCUT2D eigenvalue weighted by molar-refractivity contribution is 7.19. The van der Waals surface area contributed by atoms with Gasteiger partial charge >= 0.3 is 0 Å². The number of hydrogen-bond acceptors (Lipinski definition) is 4. The van der Waals surface area contributed by atoms with Crippen LogP contribution in [0.25, 0.3) is 10.6 Å². The summed E-state index contributed by atoms with van der Waals surface area (Å²) >= 11 is 7.57. The number of aromatic nitrogens is 2. The summed E-state index contributed by atoms with van der Waals surface area (Å²) in [5.74, 6) is 2.08. The molecule has 0 aliphatic heterocycles. The molecule has 3 nitrogen and oxygen atoms in total. The van der Waals surface area contributed by atoms with E-state index in [1.165, 1.54) is 0 Å². The van der Waals surface area contributed by atoms with Crippen molar-refractivity contribution in [2.75, 3.05) is 11.9 Å². The summed E-state index contributed by atoms with van der Waals surface area (Å²) in [6.07, 6.45) is 0. The van der Waals surface area contributed by atoms with E-state index >= 15 is 0 Å². The first-order valence-corrected chi connectivity index (χ1v) is 7.60. The van der Waals surface area contributed by atoms with Crippen LogP contribution in [0, 0.1) is 6.92 Å². The standard InChI is InChI=1S/C14H18ClN3S/c1-5-16-14-9(4)12(10-6-7-11(15)19-10)17-13(18-14)8(2)3/h6-8H,5H2,1-4H3,(H,16,17,18). The van der Waals surface area contributed by atoms with Crippen LogP contribution in [0.5, 0.6) is 0 Å². The highest BCUT2D eigenvalue weighted by Crippen LogP contribution is 2.34. The van der Waals surface area contributed by atoms with Crippen LogP contribution >= 0.6 is 22.9 Å². The molecule has 0 unspecified atom stereocenters. The topological polar surface area (TPSA) is 37.8 Å². The molecule has 2 rings (SSSR count). The van der Waals surface area contributed by atoms with Gasteiger partial charge in [0.1, 0.15) is 11.6 Å². The van der Waals surface area contributed by atoms with E-state index in [1.54, 1.807) is 11.3 Å². The molecule has 1 N–H and O–H groups in total. The van der Waals surface area contributed by atoms with E-state index in [2.05, 4.69) is 31.1 Å². The van der Waals surface area contributed by atoms with Gasteiger partial charge in [-0.3, -0.25) is 0 Å². The smallest absolute Gasteiger partial charge is 0.134 e. The zero-order chi connectivity index (χ0) is 14.0. The minimum atomic E-state index is 0.298. The van der Waals surface area contributed by atoms with Crippen LogP contribution < -0.4 is 5.32 Å². The Labute approximate surface area is 123 Å². The monoisotopic (exact) mass is 295 g/mol. The predicted molar refractivity (Wildman–Crippen MR) is 83.3 cm³/mol. The molecule has 2 aromatic heterocycles. The van der Waals surface area contributed by atoms with E-state index in [1.807, 2.05) is 19.1 Å². The van der Waals surface area contributed by atoms with E-state index in [4.69, 9.17) is 16.6 Å². The first-order chi connectivity index (χ1) is 9.02. The van der Waals surface area contributed by atoms with Crippen molar-refractivity contribution in [1.29, 1.82) is 0 Å². The van der Waals surface area contributed by atoms with Gasteiger partial charge in [0.05, 0.1) is 14.9 Å². The van der Waals surface area contributed by atoms with Crippen LogP contribution in [0.3, 0.4) is 0 Å². The summed E-state index contributed by atoms with van der Waals surface area (Å²) in [5, 5.41) is 3.31. The third-order valence-corrected chi connectivity index (χ3v) is 4.07. The lowest BCUT2D eigenvalue weighted by molar-refractivity contribution is 0.774. The fourth-order valence-electron chi connectivity index (χ4n) is 1.81. The molecular formula is C14H18ClN3S. The summed E-state index contributed by atoms with van der Waals surface area (Å²) < 4.78 is 0.782. The van der Waals surface area contributed by atoms with Crippen LogP contribution in [0.2, 0.25) is 4.34 Å². The molecule has 0 aliphatic rings. The molecule has 0 aromatic carbocycles. The number of nitrogens with one attached hydrogen (secondary N) is 1. The second kappa shape index (κ2) is 5.88. The van der Waals surface area contributed by atoms with Crippen LogP contribution in [0.4, 0.5) is 5.82 Å². The third kappa shape index (κ3) is 3.07. The third-order valence-electron chi connectivity index (χ3n) is 2.83. The quantitative estimate of drug-likeness (QED) is 0.886. The van der Waals surface area contributed by atoms with Gasteiger partial charge in [-0.15, -0.1) is 11.3 Å². The van der Waals surface area contributed by atoms with Gasteiger partial charge in [0.2, 0.25) is 0 Å². The Morgan fingerprint density at radius 1 is 1.32 bits per heavy atom. The zero-order valence-corrected chi connectivity index (χ0v) is 13.2. The van der Waals surface area contributed by atoms with E-state index in [-0.39, 0.29) is 0 Å². The number of halogens is 1. The Morgan fingerprint density at radius 3 is 2.58 bits per heavy atom. The number of anilines is 1. The maximum Gasteiger partial charge on any atom is 0.134 e. The molecule has 2 heterocycles.